The van der Waals surface area contributed by atoms with Crippen molar-refractivity contribution in [2.24, 2.45) is 0 Å². The molecule has 0 aliphatic heterocycles. The number of carbonyl (C=O) groups excluding carboxylic acids is 1. The summed E-state index contributed by atoms with van der Waals surface area (Å²) in [5, 5.41) is 6.44. The molecule has 0 saturated heterocycles. The normalized spacial score (nSPS) is 11.2. The first-order valence-electron chi connectivity index (χ1n) is 10.4. The van der Waals surface area contributed by atoms with Gasteiger partial charge < -0.3 is 14.8 Å². The highest BCUT2D eigenvalue weighted by atomic mass is 16.5. The van der Waals surface area contributed by atoms with Crippen molar-refractivity contribution in [2.45, 2.75) is 39.8 Å². The number of aryl methyl sites for hydroxylation is 1. The van der Waals surface area contributed by atoms with Crippen LogP contribution in [0.5, 0.6) is 0 Å². The van der Waals surface area contributed by atoms with Crippen LogP contribution in [0.4, 0.5) is 5.82 Å². The van der Waals surface area contributed by atoms with Crippen LogP contribution in [0.3, 0.4) is 0 Å². The van der Waals surface area contributed by atoms with Crippen LogP contribution in [-0.4, -0.2) is 41.6 Å². The van der Waals surface area contributed by atoms with Gasteiger partial charge in [-0.25, -0.2) is 14.8 Å². The van der Waals surface area contributed by atoms with E-state index in [0.29, 0.717) is 47.9 Å². The van der Waals surface area contributed by atoms with Crippen LogP contribution >= 0.6 is 0 Å². The topological polar surface area (TPSA) is 141 Å². The van der Waals surface area contributed by atoms with Gasteiger partial charge in [-0.15, -0.1) is 0 Å². The van der Waals surface area contributed by atoms with Crippen LogP contribution in [0.1, 0.15) is 37.2 Å². The minimum absolute atomic E-state index is 0.00639. The molecule has 32 heavy (non-hydrogen) atoms. The van der Waals surface area contributed by atoms with E-state index in [0.717, 1.165) is 6.42 Å². The van der Waals surface area contributed by atoms with Gasteiger partial charge in [0.2, 0.25) is 11.5 Å². The highest BCUT2D eigenvalue weighted by Crippen LogP contribution is 2.19. The van der Waals surface area contributed by atoms with E-state index in [4.69, 9.17) is 4.52 Å². The molecule has 0 aliphatic rings. The maximum absolute atomic E-state index is 12.8. The number of nitrogens with one attached hydrogen (secondary N) is 2. The molecule has 0 bridgehead atoms. The highest BCUT2D eigenvalue weighted by molar-refractivity contribution is 5.96. The average Bonchev–Trinajstić information content (AvgIpc) is 3.49. The van der Waals surface area contributed by atoms with Gasteiger partial charge in [0.1, 0.15) is 17.2 Å². The lowest BCUT2D eigenvalue weighted by Crippen LogP contribution is -2.40. The summed E-state index contributed by atoms with van der Waals surface area (Å²) in [4.78, 5) is 49.5. The molecule has 0 amide bonds. The molecule has 166 valence electrons. The third-order valence-corrected chi connectivity index (χ3v) is 4.94. The zero-order chi connectivity index (χ0) is 22.7. The maximum Gasteiger partial charge on any atom is 0.332 e. The SMILES string of the molecule is CCCn1c(=O)c2[nH]c(-c3ccc(NCC(=O)c4ccno4)nc3)nc2n(CCC)c1=O. The van der Waals surface area contributed by atoms with E-state index in [-0.39, 0.29) is 29.3 Å². The number of imidazole rings is 1. The highest BCUT2D eigenvalue weighted by Gasteiger charge is 2.17. The monoisotopic (exact) mass is 437 g/mol. The number of anilines is 1. The molecular weight excluding hydrogens is 414 g/mol. The molecule has 4 rings (SSSR count). The number of aromatic amines is 1. The Bertz CT molecular complexity index is 1350. The fourth-order valence-electron chi connectivity index (χ4n) is 3.41. The fourth-order valence-corrected chi connectivity index (χ4v) is 3.41. The molecule has 11 nitrogen and oxygen atoms in total. The predicted molar refractivity (Wildman–Crippen MR) is 118 cm³/mol. The van der Waals surface area contributed by atoms with E-state index in [9.17, 15) is 14.4 Å². The van der Waals surface area contributed by atoms with E-state index >= 15 is 0 Å². The Balaban J connectivity index is 1.62. The molecule has 0 spiro atoms. The van der Waals surface area contributed by atoms with Crippen LogP contribution in [0.25, 0.3) is 22.6 Å². The van der Waals surface area contributed by atoms with Crippen molar-refractivity contribution in [3.05, 3.63) is 57.2 Å². The van der Waals surface area contributed by atoms with E-state index < -0.39 is 0 Å². The lowest BCUT2D eigenvalue weighted by atomic mass is 10.2. The molecule has 0 atom stereocenters. The van der Waals surface area contributed by atoms with Crippen LogP contribution < -0.4 is 16.6 Å². The zero-order valence-electron chi connectivity index (χ0n) is 17.8. The smallest absolute Gasteiger partial charge is 0.332 e. The van der Waals surface area contributed by atoms with Crippen molar-refractivity contribution >= 4 is 22.8 Å². The van der Waals surface area contributed by atoms with E-state index in [1.165, 1.54) is 21.4 Å². The second kappa shape index (κ2) is 9.00. The van der Waals surface area contributed by atoms with E-state index in [1.807, 2.05) is 13.8 Å². The molecule has 4 aromatic rings. The summed E-state index contributed by atoms with van der Waals surface area (Å²) in [5.74, 6) is 0.851. The lowest BCUT2D eigenvalue weighted by molar-refractivity contribution is 0.0971. The van der Waals surface area contributed by atoms with Crippen molar-refractivity contribution in [1.82, 2.24) is 29.2 Å². The Labute approximate surface area is 182 Å². The van der Waals surface area contributed by atoms with Gasteiger partial charge in [0.05, 0.1) is 12.7 Å². The summed E-state index contributed by atoms with van der Waals surface area (Å²) in [6.07, 6.45) is 4.39. The molecule has 4 aromatic heterocycles. The van der Waals surface area contributed by atoms with Gasteiger partial charge in [0.25, 0.3) is 5.56 Å². The van der Waals surface area contributed by atoms with Gasteiger partial charge in [-0.05, 0) is 25.0 Å². The number of Topliss-reactive ketones (excluding diaryl/α,β-unsaturated/α-hetero) is 1. The summed E-state index contributed by atoms with van der Waals surface area (Å²) in [5.41, 5.74) is 0.545. The molecule has 0 unspecified atom stereocenters. The molecule has 0 saturated carbocycles. The third kappa shape index (κ3) is 3.96. The Morgan fingerprint density at radius 3 is 2.56 bits per heavy atom. The predicted octanol–water partition coefficient (Wildman–Crippen LogP) is 2.05. The number of carbonyl (C=O) groups is 1. The largest absolute Gasteiger partial charge is 0.362 e. The minimum atomic E-state index is -0.380. The van der Waals surface area contributed by atoms with Crippen molar-refractivity contribution in [3.8, 4) is 11.4 Å². The molecule has 11 heteroatoms. The number of aromatic nitrogens is 6. The summed E-state index contributed by atoms with van der Waals surface area (Å²) in [6.45, 7) is 4.69. The van der Waals surface area contributed by atoms with E-state index in [2.05, 4.69) is 25.4 Å². The quantitative estimate of drug-likeness (QED) is 0.379. The van der Waals surface area contributed by atoms with Gasteiger partial charge in [0.15, 0.2) is 5.65 Å². The van der Waals surface area contributed by atoms with Gasteiger partial charge >= 0.3 is 5.69 Å². The molecule has 0 fully saturated rings. The number of hydrogen-bond donors (Lipinski definition) is 2. The number of H-pyrrole nitrogens is 1. The standard InChI is InChI=1S/C21H23N7O4/c1-3-9-27-19-17(20(30)28(10-4-2)21(27)31)25-18(26-19)13-5-6-16(22-11-13)23-12-14(29)15-7-8-24-32-15/h5-8,11H,3-4,9-10,12H2,1-2H3,(H,22,23)(H,25,26). The fraction of sp³-hybridized carbons (Fsp3) is 0.333. The van der Waals surface area contributed by atoms with Crippen LogP contribution in [0.15, 0.2) is 44.7 Å². The van der Waals surface area contributed by atoms with Crippen molar-refractivity contribution in [3.63, 3.8) is 0 Å². The van der Waals surface area contributed by atoms with Crippen LogP contribution in [0, 0.1) is 0 Å². The number of ketones is 1. The zero-order valence-corrected chi connectivity index (χ0v) is 17.8. The first-order chi connectivity index (χ1) is 15.5. The first kappa shape index (κ1) is 21.2. The van der Waals surface area contributed by atoms with Gasteiger partial charge in [-0.2, -0.15) is 0 Å². The minimum Gasteiger partial charge on any atom is -0.362 e. The van der Waals surface area contributed by atoms with Crippen molar-refractivity contribution < 1.29 is 9.32 Å². The van der Waals surface area contributed by atoms with Crippen LogP contribution in [-0.2, 0) is 13.1 Å². The summed E-state index contributed by atoms with van der Waals surface area (Å²) >= 11 is 0. The van der Waals surface area contributed by atoms with Crippen molar-refractivity contribution in [2.75, 3.05) is 11.9 Å². The number of fused-ring (bicyclic) bond motifs is 1. The Kier molecular flexibility index (Phi) is 5.97. The number of rotatable bonds is 9. The molecule has 0 aliphatic carbocycles. The number of hydrogen-bond acceptors (Lipinski definition) is 8. The second-order valence-electron chi connectivity index (χ2n) is 7.26. The van der Waals surface area contributed by atoms with Gasteiger partial charge in [0, 0.05) is 30.9 Å². The molecule has 0 aromatic carbocycles. The molecule has 2 N–H and O–H groups in total. The average molecular weight is 437 g/mol. The molecule has 0 radical (unpaired) electrons. The first-order valence-corrected chi connectivity index (χ1v) is 10.4. The number of pyridine rings is 1. The van der Waals surface area contributed by atoms with E-state index in [1.54, 1.807) is 18.3 Å². The van der Waals surface area contributed by atoms with Gasteiger partial charge in [-0.3, -0.25) is 18.7 Å². The second-order valence-corrected chi connectivity index (χ2v) is 7.26. The Morgan fingerprint density at radius 2 is 1.91 bits per heavy atom. The summed E-state index contributed by atoms with van der Waals surface area (Å²) in [7, 11) is 0. The van der Waals surface area contributed by atoms with Crippen LogP contribution in [0.2, 0.25) is 0 Å². The maximum atomic E-state index is 12.8. The summed E-state index contributed by atoms with van der Waals surface area (Å²) in [6, 6.07) is 4.96. The third-order valence-electron chi connectivity index (χ3n) is 4.94. The molecule has 4 heterocycles. The Morgan fingerprint density at radius 1 is 1.12 bits per heavy atom. The Hall–Kier alpha value is -4.02. The van der Waals surface area contributed by atoms with Gasteiger partial charge in [-0.1, -0.05) is 19.0 Å². The molecular formula is C21H23N7O4. The summed E-state index contributed by atoms with van der Waals surface area (Å²) < 4.78 is 7.61. The number of nitrogens with zero attached hydrogens (tertiary/aromatic N) is 5. The lowest BCUT2D eigenvalue weighted by Gasteiger charge is -2.09. The van der Waals surface area contributed by atoms with Crippen molar-refractivity contribution in [1.29, 1.82) is 0 Å².